The van der Waals surface area contributed by atoms with Crippen molar-refractivity contribution in [2.24, 2.45) is 5.92 Å². The van der Waals surface area contributed by atoms with Crippen LogP contribution in [-0.4, -0.2) is 98.6 Å². The standard InChI is InChI=1S/C16H30N4O3/c1-13-10-18(12-16(22)17-4-9-23-3)11-15(13)20-7-5-19(6-8-20)14(2)21/h13,15H,4-12H2,1-3H3,(H,17,22)/t13-,15+/m1/s1. The molecule has 2 heterocycles. The van der Waals surface area contributed by atoms with Crippen molar-refractivity contribution in [3.8, 4) is 0 Å². The minimum absolute atomic E-state index is 0.0660. The highest BCUT2D eigenvalue weighted by atomic mass is 16.5. The first-order valence-electron chi connectivity index (χ1n) is 8.48. The third-order valence-corrected chi connectivity index (χ3v) is 4.87. The van der Waals surface area contributed by atoms with Gasteiger partial charge in [-0.1, -0.05) is 6.92 Å². The number of hydrogen-bond donors (Lipinski definition) is 1. The Kier molecular flexibility index (Phi) is 6.80. The summed E-state index contributed by atoms with van der Waals surface area (Å²) in [7, 11) is 1.63. The average Bonchev–Trinajstić information content (AvgIpc) is 2.88. The van der Waals surface area contributed by atoms with Crippen molar-refractivity contribution in [1.29, 1.82) is 0 Å². The van der Waals surface area contributed by atoms with Crippen LogP contribution in [-0.2, 0) is 14.3 Å². The van der Waals surface area contributed by atoms with Crippen molar-refractivity contribution < 1.29 is 14.3 Å². The minimum atomic E-state index is 0.0660. The molecule has 0 bridgehead atoms. The molecule has 0 aliphatic carbocycles. The summed E-state index contributed by atoms with van der Waals surface area (Å²) in [6.45, 7) is 10.8. The van der Waals surface area contributed by atoms with Gasteiger partial charge in [0.15, 0.2) is 0 Å². The maximum Gasteiger partial charge on any atom is 0.234 e. The Morgan fingerprint density at radius 2 is 1.87 bits per heavy atom. The smallest absolute Gasteiger partial charge is 0.234 e. The van der Waals surface area contributed by atoms with E-state index in [0.717, 1.165) is 39.3 Å². The zero-order valence-electron chi connectivity index (χ0n) is 14.6. The van der Waals surface area contributed by atoms with Crippen molar-refractivity contribution in [2.45, 2.75) is 19.9 Å². The lowest BCUT2D eigenvalue weighted by atomic mass is 10.0. The predicted molar refractivity (Wildman–Crippen MR) is 88.1 cm³/mol. The van der Waals surface area contributed by atoms with Crippen molar-refractivity contribution in [2.75, 3.05) is 66.1 Å². The summed E-state index contributed by atoms with van der Waals surface area (Å²) in [5.74, 6) is 0.778. The lowest BCUT2D eigenvalue weighted by Gasteiger charge is -2.39. The Morgan fingerprint density at radius 3 is 2.48 bits per heavy atom. The second-order valence-electron chi connectivity index (χ2n) is 6.62. The van der Waals surface area contributed by atoms with Gasteiger partial charge in [0.25, 0.3) is 0 Å². The van der Waals surface area contributed by atoms with Crippen molar-refractivity contribution >= 4 is 11.8 Å². The summed E-state index contributed by atoms with van der Waals surface area (Å²) in [4.78, 5) is 30.0. The maximum atomic E-state index is 11.9. The number of piperazine rings is 1. The minimum Gasteiger partial charge on any atom is -0.383 e. The first-order valence-corrected chi connectivity index (χ1v) is 8.48. The largest absolute Gasteiger partial charge is 0.383 e. The fourth-order valence-corrected chi connectivity index (χ4v) is 3.57. The van der Waals surface area contributed by atoms with Gasteiger partial charge in [-0.05, 0) is 5.92 Å². The highest BCUT2D eigenvalue weighted by molar-refractivity contribution is 5.78. The molecule has 132 valence electrons. The van der Waals surface area contributed by atoms with Gasteiger partial charge < -0.3 is 15.0 Å². The number of likely N-dealkylation sites (tertiary alicyclic amines) is 1. The highest BCUT2D eigenvalue weighted by Gasteiger charge is 2.35. The fraction of sp³-hybridized carbons (Fsp3) is 0.875. The van der Waals surface area contributed by atoms with Gasteiger partial charge in [-0.2, -0.15) is 0 Å². The fourth-order valence-electron chi connectivity index (χ4n) is 3.57. The zero-order valence-corrected chi connectivity index (χ0v) is 14.6. The molecule has 2 aliphatic rings. The van der Waals surface area contributed by atoms with Gasteiger partial charge in [0.2, 0.25) is 11.8 Å². The van der Waals surface area contributed by atoms with E-state index in [-0.39, 0.29) is 11.8 Å². The molecule has 1 N–H and O–H groups in total. The molecule has 2 fully saturated rings. The van der Waals surface area contributed by atoms with E-state index in [1.165, 1.54) is 0 Å². The lowest BCUT2D eigenvalue weighted by Crippen LogP contribution is -2.53. The number of methoxy groups -OCH3 is 1. The van der Waals surface area contributed by atoms with E-state index in [0.29, 0.717) is 31.7 Å². The SMILES string of the molecule is COCCNC(=O)CN1C[C@@H](C)[C@@H](N2CCN(C(C)=O)CC2)C1. The molecule has 2 saturated heterocycles. The van der Waals surface area contributed by atoms with Gasteiger partial charge in [-0.15, -0.1) is 0 Å². The van der Waals surface area contributed by atoms with Crippen LogP contribution in [0.4, 0.5) is 0 Å². The molecule has 2 atom stereocenters. The number of ether oxygens (including phenoxy) is 1. The molecular formula is C16H30N4O3. The van der Waals surface area contributed by atoms with Crippen LogP contribution < -0.4 is 5.32 Å². The molecule has 0 aromatic heterocycles. The molecule has 0 aromatic carbocycles. The second-order valence-corrected chi connectivity index (χ2v) is 6.62. The summed E-state index contributed by atoms with van der Waals surface area (Å²) in [5, 5.41) is 2.87. The van der Waals surface area contributed by atoms with E-state index in [1.54, 1.807) is 14.0 Å². The molecule has 23 heavy (non-hydrogen) atoms. The van der Waals surface area contributed by atoms with Crippen molar-refractivity contribution in [3.63, 3.8) is 0 Å². The van der Waals surface area contributed by atoms with Crippen LogP contribution in [0.3, 0.4) is 0 Å². The lowest BCUT2D eigenvalue weighted by molar-refractivity contribution is -0.131. The molecular weight excluding hydrogens is 296 g/mol. The Bertz CT molecular complexity index is 410. The molecule has 2 rings (SSSR count). The van der Waals surface area contributed by atoms with Gasteiger partial charge in [0.1, 0.15) is 0 Å². The third kappa shape index (κ3) is 5.16. The molecule has 2 aliphatic heterocycles. The predicted octanol–water partition coefficient (Wildman–Crippen LogP) is -0.767. The summed E-state index contributed by atoms with van der Waals surface area (Å²) in [5.41, 5.74) is 0. The topological polar surface area (TPSA) is 65.1 Å². The van der Waals surface area contributed by atoms with Crippen molar-refractivity contribution in [3.05, 3.63) is 0 Å². The van der Waals surface area contributed by atoms with E-state index in [9.17, 15) is 9.59 Å². The summed E-state index contributed by atoms with van der Waals surface area (Å²) in [6, 6.07) is 0.482. The molecule has 0 radical (unpaired) electrons. The first kappa shape index (κ1) is 18.2. The number of carbonyl (C=O) groups excluding carboxylic acids is 2. The van der Waals surface area contributed by atoms with Crippen LogP contribution in [0.25, 0.3) is 0 Å². The molecule has 7 nitrogen and oxygen atoms in total. The van der Waals surface area contributed by atoms with E-state index in [4.69, 9.17) is 4.74 Å². The number of amides is 2. The quantitative estimate of drug-likeness (QED) is 0.650. The van der Waals surface area contributed by atoms with E-state index in [2.05, 4.69) is 22.0 Å². The van der Waals surface area contributed by atoms with Crippen LogP contribution in [0.1, 0.15) is 13.8 Å². The Hall–Kier alpha value is -1.18. The number of hydrogen-bond acceptors (Lipinski definition) is 5. The molecule has 0 spiro atoms. The summed E-state index contributed by atoms with van der Waals surface area (Å²) >= 11 is 0. The molecule has 0 saturated carbocycles. The molecule has 2 amide bonds. The van der Waals surface area contributed by atoms with E-state index in [1.807, 2.05) is 4.90 Å². The molecule has 0 aromatic rings. The monoisotopic (exact) mass is 326 g/mol. The summed E-state index contributed by atoms with van der Waals surface area (Å²) < 4.78 is 4.94. The van der Waals surface area contributed by atoms with Gasteiger partial charge in [-0.25, -0.2) is 0 Å². The normalized spacial score (nSPS) is 26.5. The molecule has 0 unspecified atom stereocenters. The third-order valence-electron chi connectivity index (χ3n) is 4.87. The summed E-state index contributed by atoms with van der Waals surface area (Å²) in [6.07, 6.45) is 0. The second kappa shape index (κ2) is 8.61. The van der Waals surface area contributed by atoms with Crippen LogP contribution in [0.5, 0.6) is 0 Å². The van der Waals surface area contributed by atoms with E-state index >= 15 is 0 Å². The van der Waals surface area contributed by atoms with Gasteiger partial charge in [0.05, 0.1) is 13.2 Å². The van der Waals surface area contributed by atoms with Gasteiger partial charge >= 0.3 is 0 Å². The Balaban J connectivity index is 1.75. The van der Waals surface area contributed by atoms with Gasteiger partial charge in [0, 0.05) is 65.9 Å². The zero-order chi connectivity index (χ0) is 16.8. The van der Waals surface area contributed by atoms with Gasteiger partial charge in [-0.3, -0.25) is 19.4 Å². The maximum absolute atomic E-state index is 11.9. The van der Waals surface area contributed by atoms with Crippen LogP contribution in [0.15, 0.2) is 0 Å². The Labute approximate surface area is 138 Å². The van der Waals surface area contributed by atoms with Crippen LogP contribution in [0.2, 0.25) is 0 Å². The molecule has 7 heteroatoms. The Morgan fingerprint density at radius 1 is 1.17 bits per heavy atom. The first-order chi connectivity index (χ1) is 11.0. The number of rotatable bonds is 6. The van der Waals surface area contributed by atoms with Crippen molar-refractivity contribution in [1.82, 2.24) is 20.0 Å². The van der Waals surface area contributed by atoms with Crippen LogP contribution in [0, 0.1) is 5.92 Å². The number of nitrogens with zero attached hydrogens (tertiary/aromatic N) is 3. The van der Waals surface area contributed by atoms with E-state index < -0.39 is 0 Å². The number of carbonyl (C=O) groups is 2. The van der Waals surface area contributed by atoms with Crippen LogP contribution >= 0.6 is 0 Å². The highest BCUT2D eigenvalue weighted by Crippen LogP contribution is 2.22. The average molecular weight is 326 g/mol. The number of nitrogens with one attached hydrogen (secondary N) is 1.